The van der Waals surface area contributed by atoms with Crippen LogP contribution in [0.25, 0.3) is 11.4 Å². The van der Waals surface area contributed by atoms with E-state index in [-0.39, 0.29) is 49.4 Å². The number of aliphatic carboxylic acids is 1. The maximum atomic E-state index is 13.7. The molecule has 1 amide bonds. The van der Waals surface area contributed by atoms with E-state index in [0.29, 0.717) is 24.1 Å². The predicted molar refractivity (Wildman–Crippen MR) is 95.9 cm³/mol. The van der Waals surface area contributed by atoms with E-state index >= 15 is 0 Å². The molecule has 1 N–H and O–H groups in total. The summed E-state index contributed by atoms with van der Waals surface area (Å²) in [6.45, 7) is 2.21. The summed E-state index contributed by atoms with van der Waals surface area (Å²) in [7, 11) is 1.45. The third-order valence-electron chi connectivity index (χ3n) is 5.03. The molecule has 1 aromatic heterocycles. The minimum atomic E-state index is -1.06. The van der Waals surface area contributed by atoms with Crippen molar-refractivity contribution in [2.75, 3.05) is 26.8 Å². The molecule has 1 aliphatic rings. The van der Waals surface area contributed by atoms with Gasteiger partial charge in [0.1, 0.15) is 11.2 Å². The standard InChI is InChI=1S/C19H22FN3O5/c1-12-3-4-13(9-14(12)20)17-21-15(28-22-17)5-6-16(24)23-8-7-19(10-23,11-27-2)18(25)26/h3-4,9H,5-8,10-11H2,1-2H3,(H,25,26). The van der Waals surface area contributed by atoms with E-state index in [0.717, 1.165) is 0 Å². The van der Waals surface area contributed by atoms with Crippen molar-refractivity contribution in [3.05, 3.63) is 35.5 Å². The number of nitrogens with zero attached hydrogens (tertiary/aromatic N) is 3. The molecule has 8 nitrogen and oxygen atoms in total. The van der Waals surface area contributed by atoms with Crippen LogP contribution in [-0.2, 0) is 20.7 Å². The molecule has 0 bridgehead atoms. The molecule has 0 saturated carbocycles. The van der Waals surface area contributed by atoms with E-state index in [4.69, 9.17) is 9.26 Å². The van der Waals surface area contributed by atoms with E-state index in [1.54, 1.807) is 19.1 Å². The van der Waals surface area contributed by atoms with Gasteiger partial charge >= 0.3 is 5.97 Å². The lowest BCUT2D eigenvalue weighted by Crippen LogP contribution is -2.40. The van der Waals surface area contributed by atoms with Gasteiger partial charge < -0.3 is 19.3 Å². The molecule has 0 aliphatic carbocycles. The average Bonchev–Trinajstić information content (AvgIpc) is 3.30. The number of aromatic nitrogens is 2. The SMILES string of the molecule is COCC1(C(=O)O)CCN(C(=O)CCc2nc(-c3ccc(C)c(F)c3)no2)C1. The average molecular weight is 391 g/mol. The fraction of sp³-hybridized carbons (Fsp3) is 0.474. The number of halogens is 1. The molecule has 150 valence electrons. The first kappa shape index (κ1) is 19.9. The van der Waals surface area contributed by atoms with Crippen molar-refractivity contribution in [2.24, 2.45) is 5.41 Å². The Bertz CT molecular complexity index is 884. The molecule has 1 unspecified atom stereocenters. The number of benzene rings is 1. The maximum Gasteiger partial charge on any atom is 0.313 e. The Labute approximate surface area is 161 Å². The van der Waals surface area contributed by atoms with Crippen LogP contribution in [0.2, 0.25) is 0 Å². The Kier molecular flexibility index (Phi) is 5.73. The molecule has 1 saturated heterocycles. The summed E-state index contributed by atoms with van der Waals surface area (Å²) in [6, 6.07) is 4.66. The van der Waals surface area contributed by atoms with E-state index in [2.05, 4.69) is 10.1 Å². The molecule has 9 heteroatoms. The summed E-state index contributed by atoms with van der Waals surface area (Å²) in [4.78, 5) is 29.7. The third-order valence-corrected chi connectivity index (χ3v) is 5.03. The molecule has 1 fully saturated rings. The van der Waals surface area contributed by atoms with Gasteiger partial charge in [-0.15, -0.1) is 0 Å². The van der Waals surface area contributed by atoms with Crippen LogP contribution in [0.3, 0.4) is 0 Å². The van der Waals surface area contributed by atoms with Crippen molar-refractivity contribution < 1.29 is 28.3 Å². The number of amides is 1. The fourth-order valence-corrected chi connectivity index (χ4v) is 3.29. The highest BCUT2D eigenvalue weighted by atomic mass is 19.1. The Morgan fingerprint density at radius 2 is 2.21 bits per heavy atom. The van der Waals surface area contributed by atoms with Gasteiger partial charge in [0.05, 0.1) is 6.61 Å². The number of hydrogen-bond acceptors (Lipinski definition) is 6. The highest BCUT2D eigenvalue weighted by molar-refractivity contribution is 5.81. The first-order valence-electron chi connectivity index (χ1n) is 8.94. The van der Waals surface area contributed by atoms with Crippen LogP contribution in [0, 0.1) is 18.2 Å². The molecule has 1 aliphatic heterocycles. The highest BCUT2D eigenvalue weighted by Gasteiger charge is 2.46. The fourth-order valence-electron chi connectivity index (χ4n) is 3.29. The summed E-state index contributed by atoms with van der Waals surface area (Å²) < 4.78 is 23.9. The van der Waals surface area contributed by atoms with Crippen LogP contribution in [0.5, 0.6) is 0 Å². The van der Waals surface area contributed by atoms with Crippen LogP contribution < -0.4 is 0 Å². The smallest absolute Gasteiger partial charge is 0.313 e. The van der Waals surface area contributed by atoms with E-state index in [9.17, 15) is 19.1 Å². The van der Waals surface area contributed by atoms with Gasteiger partial charge in [0.25, 0.3) is 0 Å². The van der Waals surface area contributed by atoms with Crippen LogP contribution in [0.15, 0.2) is 22.7 Å². The molecule has 0 spiro atoms. The second kappa shape index (κ2) is 8.05. The maximum absolute atomic E-state index is 13.7. The Morgan fingerprint density at radius 3 is 2.89 bits per heavy atom. The third kappa shape index (κ3) is 4.04. The Balaban J connectivity index is 1.59. The lowest BCUT2D eigenvalue weighted by atomic mass is 9.88. The van der Waals surface area contributed by atoms with Crippen LogP contribution in [0.1, 0.15) is 24.3 Å². The number of rotatable bonds is 7. The molecule has 2 aromatic rings. The molecular weight excluding hydrogens is 369 g/mol. The molecule has 2 heterocycles. The van der Waals surface area contributed by atoms with Gasteiger partial charge in [-0.05, 0) is 25.0 Å². The van der Waals surface area contributed by atoms with Crippen molar-refractivity contribution in [1.82, 2.24) is 15.0 Å². The van der Waals surface area contributed by atoms with Gasteiger partial charge in [0.15, 0.2) is 0 Å². The van der Waals surface area contributed by atoms with Crippen molar-refractivity contribution in [2.45, 2.75) is 26.2 Å². The number of carbonyl (C=O) groups excluding carboxylic acids is 1. The van der Waals surface area contributed by atoms with E-state index < -0.39 is 11.4 Å². The van der Waals surface area contributed by atoms with E-state index in [1.165, 1.54) is 18.1 Å². The van der Waals surface area contributed by atoms with E-state index in [1.807, 2.05) is 0 Å². The topological polar surface area (TPSA) is 106 Å². The number of carboxylic acid groups (broad SMARTS) is 1. The minimum Gasteiger partial charge on any atom is -0.481 e. The highest BCUT2D eigenvalue weighted by Crippen LogP contribution is 2.31. The zero-order valence-electron chi connectivity index (χ0n) is 15.8. The number of likely N-dealkylation sites (tertiary alicyclic amines) is 1. The van der Waals surface area contributed by atoms with Gasteiger partial charge in [-0.1, -0.05) is 17.3 Å². The lowest BCUT2D eigenvalue weighted by Gasteiger charge is -2.23. The zero-order valence-corrected chi connectivity index (χ0v) is 15.8. The summed E-state index contributed by atoms with van der Waals surface area (Å²) in [5.74, 6) is -0.972. The van der Waals surface area contributed by atoms with Crippen molar-refractivity contribution in [3.8, 4) is 11.4 Å². The van der Waals surface area contributed by atoms with Crippen LogP contribution in [-0.4, -0.2) is 58.8 Å². The number of ether oxygens (including phenoxy) is 1. The van der Waals surface area contributed by atoms with Gasteiger partial charge in [0, 0.05) is 38.6 Å². The number of carboxylic acids is 1. The van der Waals surface area contributed by atoms with Crippen LogP contribution >= 0.6 is 0 Å². The second-order valence-corrected chi connectivity index (χ2v) is 7.06. The van der Waals surface area contributed by atoms with Crippen molar-refractivity contribution in [1.29, 1.82) is 0 Å². The lowest BCUT2D eigenvalue weighted by molar-refractivity contribution is -0.151. The number of methoxy groups -OCH3 is 1. The van der Waals surface area contributed by atoms with Gasteiger partial charge in [-0.2, -0.15) is 4.98 Å². The molecule has 3 rings (SSSR count). The molecular formula is C19H22FN3O5. The first-order valence-corrected chi connectivity index (χ1v) is 8.94. The summed E-state index contributed by atoms with van der Waals surface area (Å²) >= 11 is 0. The summed E-state index contributed by atoms with van der Waals surface area (Å²) in [5.41, 5.74) is -0.0400. The normalized spacial score (nSPS) is 19.2. The Hall–Kier alpha value is -2.81. The Morgan fingerprint density at radius 1 is 1.43 bits per heavy atom. The molecule has 1 atom stereocenters. The van der Waals surface area contributed by atoms with Gasteiger partial charge in [0.2, 0.25) is 17.6 Å². The minimum absolute atomic E-state index is 0.0617. The van der Waals surface area contributed by atoms with Crippen molar-refractivity contribution >= 4 is 11.9 Å². The second-order valence-electron chi connectivity index (χ2n) is 7.06. The molecule has 28 heavy (non-hydrogen) atoms. The summed E-state index contributed by atoms with van der Waals surface area (Å²) in [5, 5.41) is 13.3. The van der Waals surface area contributed by atoms with Crippen LogP contribution in [0.4, 0.5) is 4.39 Å². The van der Waals surface area contributed by atoms with Gasteiger partial charge in [-0.3, -0.25) is 9.59 Å². The monoisotopic (exact) mass is 391 g/mol. The zero-order chi connectivity index (χ0) is 20.3. The predicted octanol–water partition coefficient (Wildman–Crippen LogP) is 2.07. The molecule has 1 aromatic carbocycles. The quantitative estimate of drug-likeness (QED) is 0.770. The number of carbonyl (C=O) groups is 2. The molecule has 0 radical (unpaired) electrons. The summed E-state index contributed by atoms with van der Waals surface area (Å²) in [6.07, 6.45) is 0.694. The number of hydrogen-bond donors (Lipinski definition) is 1. The first-order chi connectivity index (χ1) is 13.3. The van der Waals surface area contributed by atoms with Gasteiger partial charge in [-0.25, -0.2) is 4.39 Å². The number of aryl methyl sites for hydroxylation is 2. The largest absolute Gasteiger partial charge is 0.481 e. The van der Waals surface area contributed by atoms with Crippen molar-refractivity contribution in [3.63, 3.8) is 0 Å².